The average Bonchev–Trinajstić information content (AvgIpc) is 2.71. The first-order valence-corrected chi connectivity index (χ1v) is 10.4. The van der Waals surface area contributed by atoms with Crippen LogP contribution in [0, 0.1) is 0 Å². The zero-order valence-electron chi connectivity index (χ0n) is 14.0. The van der Waals surface area contributed by atoms with E-state index in [4.69, 9.17) is 4.74 Å². The van der Waals surface area contributed by atoms with Gasteiger partial charge in [-0.25, -0.2) is 4.79 Å². The minimum Gasteiger partial charge on any atom is -0.465 e. The third kappa shape index (κ3) is 3.46. The SMILES string of the molecule is C=CC(=O)OC[Si](c1ccccc1)(c1ccccc1)c1ccccc1. The van der Waals surface area contributed by atoms with Crippen LogP contribution < -0.4 is 15.6 Å². The van der Waals surface area contributed by atoms with Crippen molar-refractivity contribution in [3.63, 3.8) is 0 Å². The molecule has 0 saturated carbocycles. The van der Waals surface area contributed by atoms with E-state index in [9.17, 15) is 4.79 Å². The van der Waals surface area contributed by atoms with Crippen molar-refractivity contribution in [2.45, 2.75) is 0 Å². The van der Waals surface area contributed by atoms with Crippen molar-refractivity contribution in [3.8, 4) is 0 Å². The number of ether oxygens (including phenoxy) is 1. The summed E-state index contributed by atoms with van der Waals surface area (Å²) in [5.41, 5.74) is 0. The Morgan fingerprint density at radius 1 is 0.760 bits per heavy atom. The fourth-order valence-electron chi connectivity index (χ4n) is 3.16. The summed E-state index contributed by atoms with van der Waals surface area (Å²) < 4.78 is 5.62. The van der Waals surface area contributed by atoms with E-state index in [-0.39, 0.29) is 5.97 Å². The summed E-state index contributed by atoms with van der Waals surface area (Å²) in [6.45, 7) is 3.52. The summed E-state index contributed by atoms with van der Waals surface area (Å²) in [6, 6.07) is 31.1. The summed E-state index contributed by atoms with van der Waals surface area (Å²) >= 11 is 0. The second-order valence-corrected chi connectivity index (χ2v) is 9.65. The molecule has 0 heterocycles. The Labute approximate surface area is 149 Å². The van der Waals surface area contributed by atoms with Crippen molar-refractivity contribution >= 4 is 29.6 Å². The lowest BCUT2D eigenvalue weighted by Gasteiger charge is -2.32. The van der Waals surface area contributed by atoms with Gasteiger partial charge in [-0.15, -0.1) is 0 Å². The van der Waals surface area contributed by atoms with Gasteiger partial charge >= 0.3 is 5.97 Å². The van der Waals surface area contributed by atoms with Gasteiger partial charge in [0.15, 0.2) is 8.07 Å². The second kappa shape index (κ2) is 7.77. The highest BCUT2D eigenvalue weighted by atomic mass is 28.3. The Hall–Kier alpha value is -2.91. The number of benzene rings is 3. The largest absolute Gasteiger partial charge is 0.465 e. The van der Waals surface area contributed by atoms with Crippen LogP contribution in [-0.4, -0.2) is 20.3 Å². The third-order valence-corrected chi connectivity index (χ3v) is 8.93. The third-order valence-electron chi connectivity index (χ3n) is 4.40. The molecule has 124 valence electrons. The predicted octanol–water partition coefficient (Wildman–Crippen LogP) is 2.43. The maximum absolute atomic E-state index is 11.8. The molecule has 3 aromatic carbocycles. The van der Waals surface area contributed by atoms with Crippen molar-refractivity contribution < 1.29 is 9.53 Å². The fraction of sp³-hybridized carbons (Fsp3) is 0.0455. The van der Waals surface area contributed by atoms with Gasteiger partial charge in [-0.1, -0.05) is 97.6 Å². The maximum Gasteiger partial charge on any atom is 0.329 e. The summed E-state index contributed by atoms with van der Waals surface area (Å²) in [7, 11) is -2.49. The van der Waals surface area contributed by atoms with E-state index in [2.05, 4.69) is 43.0 Å². The van der Waals surface area contributed by atoms with Crippen molar-refractivity contribution in [2.24, 2.45) is 0 Å². The van der Waals surface area contributed by atoms with Gasteiger partial charge < -0.3 is 4.74 Å². The topological polar surface area (TPSA) is 26.3 Å². The Balaban J connectivity index is 2.23. The van der Waals surface area contributed by atoms with Gasteiger partial charge in [0.05, 0.1) is 6.23 Å². The van der Waals surface area contributed by atoms with Gasteiger partial charge in [-0.05, 0) is 15.6 Å². The molecule has 0 aliphatic rings. The molecular formula is C22H20O2Si. The van der Waals surface area contributed by atoms with Crippen molar-refractivity contribution in [1.29, 1.82) is 0 Å². The first kappa shape index (κ1) is 16.9. The summed E-state index contributed by atoms with van der Waals surface area (Å²) in [4.78, 5) is 11.8. The van der Waals surface area contributed by atoms with Gasteiger partial charge in [-0.3, -0.25) is 0 Å². The lowest BCUT2D eigenvalue weighted by atomic mass is 10.3. The highest BCUT2D eigenvalue weighted by molar-refractivity contribution is 7.11. The van der Waals surface area contributed by atoms with Crippen LogP contribution in [-0.2, 0) is 9.53 Å². The molecule has 0 N–H and O–H groups in total. The predicted molar refractivity (Wildman–Crippen MR) is 105 cm³/mol. The van der Waals surface area contributed by atoms with E-state index in [0.29, 0.717) is 6.23 Å². The van der Waals surface area contributed by atoms with Gasteiger partial charge in [0.25, 0.3) is 0 Å². The highest BCUT2D eigenvalue weighted by Crippen LogP contribution is 2.09. The van der Waals surface area contributed by atoms with E-state index in [1.165, 1.54) is 21.6 Å². The monoisotopic (exact) mass is 344 g/mol. The number of hydrogen-bond acceptors (Lipinski definition) is 2. The van der Waals surface area contributed by atoms with E-state index >= 15 is 0 Å². The number of hydrogen-bond donors (Lipinski definition) is 0. The number of carbonyl (C=O) groups excluding carboxylic acids is 1. The summed E-state index contributed by atoms with van der Waals surface area (Å²) in [6.07, 6.45) is 1.57. The lowest BCUT2D eigenvalue weighted by Crippen LogP contribution is -2.70. The average molecular weight is 344 g/mol. The first-order chi connectivity index (χ1) is 12.3. The van der Waals surface area contributed by atoms with Crippen LogP contribution in [0.2, 0.25) is 0 Å². The highest BCUT2D eigenvalue weighted by Gasteiger charge is 2.40. The van der Waals surface area contributed by atoms with Crippen molar-refractivity contribution in [1.82, 2.24) is 0 Å². The van der Waals surface area contributed by atoms with E-state index in [1.54, 1.807) is 0 Å². The summed E-state index contributed by atoms with van der Waals surface area (Å²) in [5.74, 6) is -0.389. The zero-order valence-corrected chi connectivity index (χ0v) is 15.0. The number of rotatable bonds is 6. The van der Waals surface area contributed by atoms with Gasteiger partial charge in [0, 0.05) is 6.08 Å². The van der Waals surface area contributed by atoms with E-state index in [1.807, 2.05) is 54.6 Å². The molecule has 2 nitrogen and oxygen atoms in total. The molecule has 0 atom stereocenters. The quantitative estimate of drug-likeness (QED) is 0.297. The molecule has 3 heteroatoms. The van der Waals surface area contributed by atoms with Crippen molar-refractivity contribution in [2.75, 3.05) is 6.23 Å². The van der Waals surface area contributed by atoms with Crippen LogP contribution in [0.1, 0.15) is 0 Å². The molecule has 0 aliphatic carbocycles. The molecule has 0 aromatic heterocycles. The Bertz CT molecular complexity index is 733. The number of carbonyl (C=O) groups is 1. The maximum atomic E-state index is 11.8. The van der Waals surface area contributed by atoms with Gasteiger partial charge in [0.2, 0.25) is 0 Å². The molecule has 3 aromatic rings. The second-order valence-electron chi connectivity index (χ2n) is 5.82. The van der Waals surface area contributed by atoms with E-state index < -0.39 is 8.07 Å². The first-order valence-electron chi connectivity index (χ1n) is 8.23. The normalized spacial score (nSPS) is 10.9. The van der Waals surface area contributed by atoms with E-state index in [0.717, 1.165) is 0 Å². The molecule has 0 radical (unpaired) electrons. The minimum atomic E-state index is -2.49. The van der Waals surface area contributed by atoms with Crippen LogP contribution in [0.25, 0.3) is 0 Å². The van der Waals surface area contributed by atoms with Crippen LogP contribution >= 0.6 is 0 Å². The standard InChI is InChI=1S/C22H20O2Si/c1-2-22(23)24-18-25(19-12-6-3-7-13-19,20-14-8-4-9-15-20)21-16-10-5-11-17-21/h2-17H,1,18H2. The van der Waals surface area contributed by atoms with Gasteiger partial charge in [0.1, 0.15) is 0 Å². The molecule has 0 amide bonds. The molecule has 0 saturated heterocycles. The molecular weight excluding hydrogens is 324 g/mol. The Morgan fingerprint density at radius 3 is 1.44 bits per heavy atom. The molecule has 3 rings (SSSR count). The summed E-state index contributed by atoms with van der Waals surface area (Å²) in [5, 5.41) is 3.64. The number of esters is 1. The molecule has 0 spiro atoms. The van der Waals surface area contributed by atoms with Crippen LogP contribution in [0.3, 0.4) is 0 Å². The molecule has 25 heavy (non-hydrogen) atoms. The van der Waals surface area contributed by atoms with Crippen molar-refractivity contribution in [3.05, 3.63) is 104 Å². The van der Waals surface area contributed by atoms with Crippen LogP contribution in [0.4, 0.5) is 0 Å². The Kier molecular flexibility index (Phi) is 5.26. The van der Waals surface area contributed by atoms with Crippen LogP contribution in [0.15, 0.2) is 104 Å². The Morgan fingerprint density at radius 2 is 1.12 bits per heavy atom. The molecule has 0 fully saturated rings. The smallest absolute Gasteiger partial charge is 0.329 e. The lowest BCUT2D eigenvalue weighted by molar-refractivity contribution is -0.135. The fourth-order valence-corrected chi connectivity index (χ4v) is 7.30. The molecule has 0 aliphatic heterocycles. The molecule has 0 bridgehead atoms. The van der Waals surface area contributed by atoms with Crippen LogP contribution in [0.5, 0.6) is 0 Å². The molecule has 0 unspecified atom stereocenters. The minimum absolute atomic E-state index is 0.343. The zero-order chi connectivity index (χ0) is 17.5. The van der Waals surface area contributed by atoms with Gasteiger partial charge in [-0.2, -0.15) is 0 Å².